The largest absolute Gasteiger partial charge is 0.356 e. The number of hydrogen-bond acceptors (Lipinski definition) is 3. The fourth-order valence-corrected chi connectivity index (χ4v) is 4.14. The summed E-state index contributed by atoms with van der Waals surface area (Å²) in [6.07, 6.45) is 2.13. The van der Waals surface area contributed by atoms with Gasteiger partial charge in [-0.2, -0.15) is 0 Å². The first-order valence-electron chi connectivity index (χ1n) is 9.62. The first-order valence-corrected chi connectivity index (χ1v) is 10.6. The van der Waals surface area contributed by atoms with E-state index in [9.17, 15) is 14.0 Å². The van der Waals surface area contributed by atoms with Crippen molar-refractivity contribution < 1.29 is 14.0 Å². The third-order valence-electron chi connectivity index (χ3n) is 4.93. The summed E-state index contributed by atoms with van der Waals surface area (Å²) < 4.78 is 13.8. The van der Waals surface area contributed by atoms with Crippen molar-refractivity contribution in [3.63, 3.8) is 0 Å². The molecule has 1 fully saturated rings. The molecule has 28 heavy (non-hydrogen) atoms. The van der Waals surface area contributed by atoms with Crippen molar-refractivity contribution in [2.24, 2.45) is 5.92 Å². The maximum Gasteiger partial charge on any atom is 0.256 e. The van der Waals surface area contributed by atoms with Crippen molar-refractivity contribution in [1.82, 2.24) is 10.2 Å². The van der Waals surface area contributed by atoms with Gasteiger partial charge in [0.05, 0.1) is 5.56 Å². The van der Waals surface area contributed by atoms with Crippen molar-refractivity contribution in [1.29, 1.82) is 0 Å². The minimum Gasteiger partial charge on any atom is -0.356 e. The number of nitrogens with one attached hydrogen (secondary N) is 1. The van der Waals surface area contributed by atoms with Crippen molar-refractivity contribution in [2.75, 3.05) is 25.4 Å². The molecule has 1 aliphatic heterocycles. The summed E-state index contributed by atoms with van der Waals surface area (Å²) in [6.45, 7) is 1.83. The number of carbonyl (C=O) groups excluding carboxylic acids is 2. The molecule has 148 valence electrons. The van der Waals surface area contributed by atoms with Gasteiger partial charge in [-0.15, -0.1) is 11.8 Å². The third-order valence-corrected chi connectivity index (χ3v) is 5.95. The summed E-state index contributed by atoms with van der Waals surface area (Å²) in [5, 5.41) is 3.01. The molecule has 0 saturated carbocycles. The van der Waals surface area contributed by atoms with Crippen LogP contribution in [-0.4, -0.2) is 42.1 Å². The lowest BCUT2D eigenvalue weighted by molar-refractivity contribution is -0.120. The molecular weight excluding hydrogens is 375 g/mol. The predicted octanol–water partition coefficient (Wildman–Crippen LogP) is 3.98. The van der Waals surface area contributed by atoms with E-state index in [2.05, 4.69) is 5.32 Å². The van der Waals surface area contributed by atoms with Crippen LogP contribution in [0.2, 0.25) is 0 Å². The molecule has 0 spiro atoms. The number of thioether (sulfide) groups is 1. The van der Waals surface area contributed by atoms with Crippen molar-refractivity contribution in [3.8, 4) is 0 Å². The zero-order valence-corrected chi connectivity index (χ0v) is 16.6. The van der Waals surface area contributed by atoms with Gasteiger partial charge < -0.3 is 10.2 Å². The number of nitrogens with zero attached hydrogens (tertiary/aromatic N) is 1. The van der Waals surface area contributed by atoms with E-state index in [0.29, 0.717) is 32.0 Å². The van der Waals surface area contributed by atoms with Gasteiger partial charge in [-0.3, -0.25) is 9.59 Å². The molecule has 3 rings (SSSR count). The first-order chi connectivity index (χ1) is 13.6. The number of halogens is 1. The van der Waals surface area contributed by atoms with Crippen LogP contribution < -0.4 is 5.32 Å². The summed E-state index contributed by atoms with van der Waals surface area (Å²) in [4.78, 5) is 27.4. The van der Waals surface area contributed by atoms with E-state index in [1.807, 2.05) is 30.3 Å². The molecule has 1 heterocycles. The molecule has 1 N–H and O–H groups in total. The predicted molar refractivity (Wildman–Crippen MR) is 110 cm³/mol. The average molecular weight is 401 g/mol. The molecule has 2 aromatic carbocycles. The van der Waals surface area contributed by atoms with E-state index in [1.165, 1.54) is 17.0 Å². The number of rotatable bonds is 7. The van der Waals surface area contributed by atoms with E-state index in [1.54, 1.807) is 28.8 Å². The number of carbonyl (C=O) groups is 2. The van der Waals surface area contributed by atoms with Crippen LogP contribution in [-0.2, 0) is 4.79 Å². The van der Waals surface area contributed by atoms with Gasteiger partial charge >= 0.3 is 0 Å². The van der Waals surface area contributed by atoms with Gasteiger partial charge in [0.1, 0.15) is 5.82 Å². The molecule has 0 atom stereocenters. The summed E-state index contributed by atoms with van der Waals surface area (Å²) >= 11 is 1.68. The molecule has 0 aromatic heterocycles. The molecule has 0 unspecified atom stereocenters. The summed E-state index contributed by atoms with van der Waals surface area (Å²) in [6, 6.07) is 16.1. The van der Waals surface area contributed by atoms with Gasteiger partial charge in [-0.25, -0.2) is 4.39 Å². The van der Waals surface area contributed by atoms with Crippen LogP contribution in [0, 0.1) is 11.7 Å². The highest BCUT2D eigenvalue weighted by molar-refractivity contribution is 7.99. The zero-order valence-electron chi connectivity index (χ0n) is 15.8. The third kappa shape index (κ3) is 5.83. The van der Waals surface area contributed by atoms with Crippen molar-refractivity contribution in [3.05, 3.63) is 66.0 Å². The minimum atomic E-state index is -0.477. The van der Waals surface area contributed by atoms with Gasteiger partial charge in [0.25, 0.3) is 5.91 Å². The molecule has 1 aliphatic rings. The van der Waals surface area contributed by atoms with Gasteiger partial charge in [0.15, 0.2) is 0 Å². The number of amides is 2. The molecule has 0 bridgehead atoms. The highest BCUT2D eigenvalue weighted by Gasteiger charge is 2.25. The summed E-state index contributed by atoms with van der Waals surface area (Å²) in [5.74, 6) is 0.447. The molecule has 6 heteroatoms. The number of hydrogen-bond donors (Lipinski definition) is 1. The molecule has 2 aromatic rings. The van der Waals surface area contributed by atoms with E-state index >= 15 is 0 Å². The summed E-state index contributed by atoms with van der Waals surface area (Å²) in [7, 11) is 0. The lowest BCUT2D eigenvalue weighted by Crippen LogP contribution is -2.41. The topological polar surface area (TPSA) is 49.4 Å². The quantitative estimate of drug-likeness (QED) is 0.716. The van der Waals surface area contributed by atoms with Crippen molar-refractivity contribution >= 4 is 23.6 Å². The van der Waals surface area contributed by atoms with Gasteiger partial charge in [0.2, 0.25) is 5.91 Å². The second kappa shape index (κ2) is 10.3. The lowest BCUT2D eigenvalue weighted by atomic mass is 9.96. The lowest BCUT2D eigenvalue weighted by Gasteiger charge is -2.32. The Bertz CT molecular complexity index is 792. The fourth-order valence-electron chi connectivity index (χ4n) is 3.27. The highest BCUT2D eigenvalue weighted by atomic mass is 32.2. The van der Waals surface area contributed by atoms with Crippen LogP contribution in [0.4, 0.5) is 4.39 Å². The Labute approximate surface area is 169 Å². The SMILES string of the molecule is O=C(CCSc1ccccc1)NCC1CCN(C(=O)c2ccccc2F)CC1. The van der Waals surface area contributed by atoms with E-state index in [0.717, 1.165) is 18.6 Å². The summed E-state index contributed by atoms with van der Waals surface area (Å²) in [5.41, 5.74) is 0.130. The zero-order chi connectivity index (χ0) is 19.8. The van der Waals surface area contributed by atoms with Gasteiger partial charge in [-0.1, -0.05) is 30.3 Å². The Morgan fingerprint density at radius 1 is 1.04 bits per heavy atom. The fraction of sp³-hybridized carbons (Fsp3) is 0.364. The van der Waals surface area contributed by atoms with E-state index in [4.69, 9.17) is 0 Å². The second-order valence-electron chi connectivity index (χ2n) is 6.93. The second-order valence-corrected chi connectivity index (χ2v) is 8.10. The monoisotopic (exact) mass is 400 g/mol. The number of likely N-dealkylation sites (tertiary alicyclic amines) is 1. The molecule has 0 aliphatic carbocycles. The normalized spacial score (nSPS) is 14.7. The van der Waals surface area contributed by atoms with Crippen LogP contribution in [0.3, 0.4) is 0 Å². The Morgan fingerprint density at radius 3 is 2.43 bits per heavy atom. The number of piperidine rings is 1. The molecule has 4 nitrogen and oxygen atoms in total. The van der Waals surface area contributed by atoms with Crippen LogP contribution >= 0.6 is 11.8 Å². The average Bonchev–Trinajstić information content (AvgIpc) is 2.73. The maximum atomic E-state index is 13.8. The molecule has 1 saturated heterocycles. The standard InChI is InChI=1S/C22H25FN2O2S/c23-20-9-5-4-8-19(20)22(27)25-13-10-17(11-14-25)16-24-21(26)12-15-28-18-6-2-1-3-7-18/h1-9,17H,10-16H2,(H,24,26). The van der Waals surface area contributed by atoms with Gasteiger partial charge in [-0.05, 0) is 43.0 Å². The van der Waals surface area contributed by atoms with E-state index < -0.39 is 5.82 Å². The highest BCUT2D eigenvalue weighted by Crippen LogP contribution is 2.20. The minimum absolute atomic E-state index is 0.0632. The Balaban J connectivity index is 1.34. The van der Waals surface area contributed by atoms with Crippen LogP contribution in [0.15, 0.2) is 59.5 Å². The Morgan fingerprint density at radius 2 is 1.71 bits per heavy atom. The van der Waals surface area contributed by atoms with Crippen LogP contribution in [0.1, 0.15) is 29.6 Å². The maximum absolute atomic E-state index is 13.8. The smallest absolute Gasteiger partial charge is 0.256 e. The Kier molecular flexibility index (Phi) is 7.48. The van der Waals surface area contributed by atoms with E-state index in [-0.39, 0.29) is 17.4 Å². The molecular formula is C22H25FN2O2S. The Hall–Kier alpha value is -2.34. The number of benzene rings is 2. The molecule has 0 radical (unpaired) electrons. The van der Waals surface area contributed by atoms with Crippen LogP contribution in [0.5, 0.6) is 0 Å². The first kappa shape index (κ1) is 20.4. The van der Waals surface area contributed by atoms with Crippen molar-refractivity contribution in [2.45, 2.75) is 24.2 Å². The van der Waals surface area contributed by atoms with Gasteiger partial charge in [0, 0.05) is 36.7 Å². The molecule has 2 amide bonds. The van der Waals surface area contributed by atoms with Crippen LogP contribution in [0.25, 0.3) is 0 Å².